The molecule has 6 nitrogen and oxygen atoms in total. The van der Waals surface area contributed by atoms with E-state index < -0.39 is 31.8 Å². The fourth-order valence-corrected chi connectivity index (χ4v) is 3.34. The monoisotopic (exact) mass is 366 g/mol. The number of hydrogen-bond acceptors (Lipinski definition) is 6. The van der Waals surface area contributed by atoms with E-state index in [1.807, 2.05) is 0 Å². The zero-order valence-electron chi connectivity index (χ0n) is 13.5. The van der Waals surface area contributed by atoms with Crippen LogP contribution >= 0.6 is 7.60 Å². The van der Waals surface area contributed by atoms with Crippen molar-refractivity contribution < 1.29 is 37.0 Å². The summed E-state index contributed by atoms with van der Waals surface area (Å²) in [6.45, 7) is 0.897. The Labute approximate surface area is 139 Å². The summed E-state index contributed by atoms with van der Waals surface area (Å²) in [4.78, 5) is 12.0. The number of aliphatic hydroxyl groups is 1. The molecule has 0 fully saturated rings. The Bertz CT molecular complexity index is 556. The molecule has 9 heteroatoms. The molecular formula is C15H21F2O6P. The first-order valence-corrected chi connectivity index (χ1v) is 8.94. The van der Waals surface area contributed by atoms with Crippen LogP contribution in [0, 0.1) is 0 Å². The number of alkyl halides is 2. The fourth-order valence-electron chi connectivity index (χ4n) is 1.85. The molecule has 0 aliphatic carbocycles. The first-order chi connectivity index (χ1) is 11.3. The van der Waals surface area contributed by atoms with Crippen molar-refractivity contribution in [3.05, 3.63) is 35.9 Å². The van der Waals surface area contributed by atoms with Crippen LogP contribution in [0.4, 0.5) is 8.78 Å². The lowest BCUT2D eigenvalue weighted by Crippen LogP contribution is -2.42. The molecule has 0 radical (unpaired) electrons. The number of rotatable bonds is 11. The highest BCUT2D eigenvalue weighted by molar-refractivity contribution is 7.56. The maximum atomic E-state index is 14.3. The number of benzene rings is 1. The molecule has 0 saturated heterocycles. The van der Waals surface area contributed by atoms with E-state index in [9.17, 15) is 23.2 Å². The topological polar surface area (TPSA) is 82.1 Å². The summed E-state index contributed by atoms with van der Waals surface area (Å²) in [5, 5.41) is 9.21. The van der Waals surface area contributed by atoms with Gasteiger partial charge in [0.1, 0.15) is 6.10 Å². The number of halogens is 2. The van der Waals surface area contributed by atoms with Gasteiger partial charge in [-0.3, -0.25) is 9.36 Å². The molecule has 0 heterocycles. The van der Waals surface area contributed by atoms with Crippen LogP contribution in [0.25, 0.3) is 0 Å². The highest BCUT2D eigenvalue weighted by atomic mass is 31.2. The van der Waals surface area contributed by atoms with Gasteiger partial charge in [0.15, 0.2) is 0 Å². The number of ether oxygens (including phenoxy) is 1. The third-order valence-corrected chi connectivity index (χ3v) is 5.10. The van der Waals surface area contributed by atoms with E-state index in [0.29, 0.717) is 5.56 Å². The summed E-state index contributed by atoms with van der Waals surface area (Å²) in [5.74, 6) is -1.84. The predicted octanol–water partition coefficient (Wildman–Crippen LogP) is 2.99. The van der Waals surface area contributed by atoms with Gasteiger partial charge in [0.2, 0.25) is 5.78 Å². The number of Topliss-reactive ketones (excluding diaryl/α,β-unsaturated/α-hetero) is 1. The van der Waals surface area contributed by atoms with Crippen LogP contribution in [0.5, 0.6) is 0 Å². The van der Waals surface area contributed by atoms with Gasteiger partial charge < -0.3 is 18.9 Å². The van der Waals surface area contributed by atoms with Crippen LogP contribution in [-0.4, -0.2) is 42.5 Å². The standard InChI is InChI=1S/C15H21F2O6P/c1-3-22-24(20,23-4-2)15(16,17)14(19)13(10-18)21-11-12-8-6-5-7-9-12/h5-9,13,18H,3-4,10-11H2,1-2H3/t13-/m1/s1. The van der Waals surface area contributed by atoms with E-state index in [1.54, 1.807) is 30.3 Å². The highest BCUT2D eigenvalue weighted by Gasteiger charge is 2.61. The quantitative estimate of drug-likeness (QED) is 0.607. The molecular weight excluding hydrogens is 345 g/mol. The average molecular weight is 366 g/mol. The lowest BCUT2D eigenvalue weighted by Gasteiger charge is -2.27. The molecule has 0 aromatic heterocycles. The summed E-state index contributed by atoms with van der Waals surface area (Å²) in [6, 6.07) is 8.51. The van der Waals surface area contributed by atoms with Crippen molar-refractivity contribution in [3.8, 4) is 0 Å². The van der Waals surface area contributed by atoms with Gasteiger partial charge >= 0.3 is 13.3 Å². The van der Waals surface area contributed by atoms with Crippen molar-refractivity contribution in [3.63, 3.8) is 0 Å². The normalized spacial score (nSPS) is 13.7. The lowest BCUT2D eigenvalue weighted by atomic mass is 10.2. The predicted molar refractivity (Wildman–Crippen MR) is 82.9 cm³/mol. The van der Waals surface area contributed by atoms with E-state index in [2.05, 4.69) is 9.05 Å². The first-order valence-electron chi connectivity index (χ1n) is 7.40. The SMILES string of the molecule is CCOP(=O)(OCC)C(F)(F)C(=O)[C@@H](CO)OCc1ccccc1. The molecule has 0 aliphatic rings. The van der Waals surface area contributed by atoms with Crippen molar-refractivity contribution in [2.24, 2.45) is 0 Å². The van der Waals surface area contributed by atoms with Gasteiger partial charge in [0.05, 0.1) is 26.4 Å². The van der Waals surface area contributed by atoms with Crippen LogP contribution in [0.15, 0.2) is 30.3 Å². The molecule has 0 aliphatic heterocycles. The zero-order valence-corrected chi connectivity index (χ0v) is 14.4. The zero-order chi connectivity index (χ0) is 18.2. The largest absolute Gasteiger partial charge is 0.407 e. The molecule has 0 unspecified atom stereocenters. The van der Waals surface area contributed by atoms with Crippen molar-refractivity contribution in [1.82, 2.24) is 0 Å². The van der Waals surface area contributed by atoms with Gasteiger partial charge in [0.25, 0.3) is 0 Å². The van der Waals surface area contributed by atoms with Crippen LogP contribution in [-0.2, 0) is 29.8 Å². The summed E-state index contributed by atoms with van der Waals surface area (Å²) in [6.07, 6.45) is -1.85. The van der Waals surface area contributed by atoms with E-state index in [1.165, 1.54) is 13.8 Å². The van der Waals surface area contributed by atoms with Crippen LogP contribution in [0.3, 0.4) is 0 Å². The number of carbonyl (C=O) groups excluding carboxylic acids is 1. The van der Waals surface area contributed by atoms with Gasteiger partial charge in [-0.15, -0.1) is 0 Å². The smallest absolute Gasteiger partial charge is 0.393 e. The molecule has 1 rings (SSSR count). The second kappa shape index (κ2) is 9.34. The number of aliphatic hydroxyl groups excluding tert-OH is 1. The first kappa shape index (κ1) is 20.9. The molecule has 0 spiro atoms. The van der Waals surface area contributed by atoms with Crippen molar-refractivity contribution in [2.75, 3.05) is 19.8 Å². The van der Waals surface area contributed by atoms with Crippen molar-refractivity contribution in [2.45, 2.75) is 32.2 Å². The second-order valence-electron chi connectivity index (χ2n) is 4.71. The maximum Gasteiger partial charge on any atom is 0.407 e. The van der Waals surface area contributed by atoms with Crippen LogP contribution in [0.2, 0.25) is 0 Å². The summed E-state index contributed by atoms with van der Waals surface area (Å²) < 4.78 is 55.1. The molecule has 1 aromatic rings. The van der Waals surface area contributed by atoms with Gasteiger partial charge in [-0.1, -0.05) is 30.3 Å². The highest BCUT2D eigenvalue weighted by Crippen LogP contribution is 2.62. The minimum Gasteiger partial charge on any atom is -0.393 e. The van der Waals surface area contributed by atoms with E-state index in [0.717, 1.165) is 0 Å². The minimum absolute atomic E-state index is 0.165. The fraction of sp³-hybridized carbons (Fsp3) is 0.533. The molecule has 1 atom stereocenters. The Hall–Kier alpha value is -1.18. The third kappa shape index (κ3) is 4.91. The minimum atomic E-state index is -5.02. The Morgan fingerprint density at radius 2 is 1.75 bits per heavy atom. The van der Waals surface area contributed by atoms with Crippen LogP contribution in [0.1, 0.15) is 19.4 Å². The van der Waals surface area contributed by atoms with Gasteiger partial charge in [-0.2, -0.15) is 8.78 Å². The Morgan fingerprint density at radius 3 is 2.21 bits per heavy atom. The van der Waals surface area contributed by atoms with Crippen molar-refractivity contribution >= 4 is 13.4 Å². The van der Waals surface area contributed by atoms with Gasteiger partial charge in [-0.25, -0.2) is 0 Å². The summed E-state index contributed by atoms with van der Waals surface area (Å²) in [7, 11) is -5.02. The Kier molecular flexibility index (Phi) is 8.12. The average Bonchev–Trinajstić information content (AvgIpc) is 2.56. The second-order valence-corrected chi connectivity index (χ2v) is 6.78. The number of carbonyl (C=O) groups is 1. The molecule has 0 bridgehead atoms. The van der Waals surface area contributed by atoms with E-state index in [4.69, 9.17) is 4.74 Å². The molecule has 136 valence electrons. The molecule has 1 N–H and O–H groups in total. The Morgan fingerprint density at radius 1 is 1.21 bits per heavy atom. The third-order valence-electron chi connectivity index (χ3n) is 2.99. The molecule has 1 aromatic carbocycles. The summed E-state index contributed by atoms with van der Waals surface area (Å²) >= 11 is 0. The van der Waals surface area contributed by atoms with Crippen molar-refractivity contribution in [1.29, 1.82) is 0 Å². The van der Waals surface area contributed by atoms with E-state index >= 15 is 0 Å². The van der Waals surface area contributed by atoms with Gasteiger partial charge in [0, 0.05) is 0 Å². The maximum absolute atomic E-state index is 14.3. The molecule has 0 amide bonds. The summed E-state index contributed by atoms with van der Waals surface area (Å²) in [5.41, 5.74) is -3.80. The van der Waals surface area contributed by atoms with E-state index in [-0.39, 0.29) is 19.8 Å². The lowest BCUT2D eigenvalue weighted by molar-refractivity contribution is -0.151. The van der Waals surface area contributed by atoms with Gasteiger partial charge in [-0.05, 0) is 19.4 Å². The molecule has 24 heavy (non-hydrogen) atoms. The number of ketones is 1. The Balaban J connectivity index is 2.90. The molecule has 0 saturated carbocycles. The number of hydrogen-bond donors (Lipinski definition) is 1. The van der Waals surface area contributed by atoms with Crippen LogP contribution < -0.4 is 0 Å².